The van der Waals surface area contributed by atoms with Gasteiger partial charge >= 0.3 is 6.09 Å². The Hall–Kier alpha value is -1.93. The monoisotopic (exact) mass is 488 g/mol. The average molecular weight is 489 g/mol. The summed E-state index contributed by atoms with van der Waals surface area (Å²) in [6.45, 7) is 22.5. The number of hydrogen-bond acceptors (Lipinski definition) is 6. The highest BCUT2D eigenvalue weighted by atomic mass is 28.4. The van der Waals surface area contributed by atoms with Gasteiger partial charge in [-0.25, -0.2) is 14.8 Å². The van der Waals surface area contributed by atoms with Crippen LogP contribution in [0.3, 0.4) is 0 Å². The van der Waals surface area contributed by atoms with E-state index in [4.69, 9.17) is 9.16 Å². The summed E-state index contributed by atoms with van der Waals surface area (Å²) >= 11 is 0. The van der Waals surface area contributed by atoms with Gasteiger partial charge in [0.05, 0.1) is 24.4 Å². The SMILES string of the molecule is CC1=CC[C@@H]2c3c(ncnc31)NC[C@@H](CO[Si](C(C)C)(C(C)C)C(C)C)N2C(=O)OC(C)(C)C. The quantitative estimate of drug-likeness (QED) is 0.458. The van der Waals surface area contributed by atoms with Crippen molar-refractivity contribution in [2.45, 2.75) is 110 Å². The lowest BCUT2D eigenvalue weighted by Gasteiger charge is -2.44. The van der Waals surface area contributed by atoms with E-state index in [1.54, 1.807) is 6.33 Å². The number of hydrogen-bond donors (Lipinski definition) is 1. The minimum Gasteiger partial charge on any atom is -0.444 e. The summed E-state index contributed by atoms with van der Waals surface area (Å²) in [4.78, 5) is 24.7. The number of anilines is 1. The van der Waals surface area contributed by atoms with Crippen LogP contribution in [0.25, 0.3) is 5.57 Å². The van der Waals surface area contributed by atoms with Crippen LogP contribution in [0.4, 0.5) is 10.6 Å². The van der Waals surface area contributed by atoms with Crippen molar-refractivity contribution in [1.29, 1.82) is 0 Å². The Labute approximate surface area is 206 Å². The third kappa shape index (κ3) is 5.03. The highest BCUT2D eigenvalue weighted by molar-refractivity contribution is 6.77. The normalized spacial score (nSPS) is 20.7. The molecular weight excluding hydrogens is 444 g/mol. The maximum atomic E-state index is 13.7. The van der Waals surface area contributed by atoms with E-state index >= 15 is 0 Å². The van der Waals surface area contributed by atoms with Crippen LogP contribution in [-0.4, -0.2) is 54.1 Å². The van der Waals surface area contributed by atoms with Gasteiger partial charge in [-0.2, -0.15) is 0 Å². The molecule has 0 spiro atoms. The Bertz CT molecular complexity index is 901. The molecule has 1 aliphatic carbocycles. The summed E-state index contributed by atoms with van der Waals surface area (Å²) < 4.78 is 12.9. The van der Waals surface area contributed by atoms with E-state index in [-0.39, 0.29) is 18.2 Å². The molecule has 1 amide bonds. The van der Waals surface area contributed by atoms with Crippen molar-refractivity contribution in [2.24, 2.45) is 0 Å². The third-order valence-corrected chi connectivity index (χ3v) is 13.4. The molecule has 0 bridgehead atoms. The maximum absolute atomic E-state index is 13.7. The van der Waals surface area contributed by atoms with Crippen LogP contribution in [0.2, 0.25) is 16.6 Å². The second kappa shape index (κ2) is 9.97. The van der Waals surface area contributed by atoms with Gasteiger partial charge in [0.15, 0.2) is 8.32 Å². The fourth-order valence-electron chi connectivity index (χ4n) is 5.96. The zero-order valence-electron chi connectivity index (χ0n) is 22.7. The second-order valence-electron chi connectivity index (χ2n) is 11.7. The molecule has 0 radical (unpaired) electrons. The van der Waals surface area contributed by atoms with E-state index in [2.05, 4.69) is 69.8 Å². The molecule has 1 aromatic rings. The van der Waals surface area contributed by atoms with E-state index in [0.717, 1.165) is 22.6 Å². The Kier molecular flexibility index (Phi) is 7.82. The molecule has 1 aromatic heterocycles. The number of allylic oxidation sites excluding steroid dienone is 1. The Morgan fingerprint density at radius 2 is 1.76 bits per heavy atom. The molecular formula is C26H44N4O3Si. The molecule has 3 rings (SSSR count). The van der Waals surface area contributed by atoms with Crippen molar-refractivity contribution in [2.75, 3.05) is 18.5 Å². The van der Waals surface area contributed by atoms with Gasteiger partial charge in [-0.05, 0) is 56.3 Å². The smallest absolute Gasteiger partial charge is 0.411 e. The second-order valence-corrected chi connectivity index (χ2v) is 17.1. The molecule has 2 aliphatic rings. The standard InChI is InChI=1S/C26H44N4O3Si/c1-16(2)34(17(3)4,18(5)6)32-14-20-13-27-24-22-21(30(20)25(31)33-26(8,9)10)12-11-19(7)23(22)28-15-29-24/h11,15-18,20-21H,12-14H2,1-10H3,(H,27,28,29)/t20-,21+/m0/s1. The number of carbonyl (C=O) groups excluding carboxylic acids is 1. The molecule has 2 heterocycles. The van der Waals surface area contributed by atoms with Gasteiger partial charge in [0.25, 0.3) is 0 Å². The number of amides is 1. The fraction of sp³-hybridized carbons (Fsp3) is 0.731. The van der Waals surface area contributed by atoms with Crippen molar-refractivity contribution < 1.29 is 14.0 Å². The number of nitrogens with one attached hydrogen (secondary N) is 1. The Balaban J connectivity index is 2.02. The summed E-state index contributed by atoms with van der Waals surface area (Å²) in [5.41, 5.74) is 3.81. The minimum atomic E-state index is -2.11. The van der Waals surface area contributed by atoms with E-state index in [9.17, 15) is 4.79 Å². The number of carbonyl (C=O) groups is 1. The topological polar surface area (TPSA) is 76.6 Å². The van der Waals surface area contributed by atoms with E-state index in [1.807, 2.05) is 25.7 Å². The largest absolute Gasteiger partial charge is 0.444 e. The lowest BCUT2D eigenvalue weighted by molar-refractivity contribution is -0.000191. The average Bonchev–Trinajstić information content (AvgIpc) is 2.87. The first-order chi connectivity index (χ1) is 15.8. The molecule has 0 saturated heterocycles. The van der Waals surface area contributed by atoms with Crippen LogP contribution in [0.5, 0.6) is 0 Å². The van der Waals surface area contributed by atoms with Crippen molar-refractivity contribution in [1.82, 2.24) is 14.9 Å². The van der Waals surface area contributed by atoms with Gasteiger partial charge < -0.3 is 14.5 Å². The predicted molar refractivity (Wildman–Crippen MR) is 140 cm³/mol. The van der Waals surface area contributed by atoms with Crippen molar-refractivity contribution in [3.63, 3.8) is 0 Å². The predicted octanol–water partition coefficient (Wildman–Crippen LogP) is 6.55. The first-order valence-electron chi connectivity index (χ1n) is 12.7. The Morgan fingerprint density at radius 3 is 2.32 bits per heavy atom. The first-order valence-corrected chi connectivity index (χ1v) is 14.8. The zero-order chi connectivity index (χ0) is 25.4. The van der Waals surface area contributed by atoms with Crippen LogP contribution in [0.15, 0.2) is 12.4 Å². The number of ether oxygens (including phenoxy) is 1. The maximum Gasteiger partial charge on any atom is 0.411 e. The van der Waals surface area contributed by atoms with Crippen molar-refractivity contribution >= 4 is 25.8 Å². The summed E-state index contributed by atoms with van der Waals surface area (Å²) in [6, 6.07) is -0.376. The van der Waals surface area contributed by atoms with Crippen LogP contribution in [0.1, 0.15) is 93.0 Å². The Morgan fingerprint density at radius 1 is 1.15 bits per heavy atom. The summed E-state index contributed by atoms with van der Waals surface area (Å²) in [5, 5.41) is 3.51. The van der Waals surface area contributed by atoms with Gasteiger partial charge in [-0.3, -0.25) is 4.90 Å². The zero-order valence-corrected chi connectivity index (χ0v) is 23.7. The molecule has 7 nitrogen and oxygen atoms in total. The molecule has 0 unspecified atom stereocenters. The van der Waals surface area contributed by atoms with Crippen LogP contribution < -0.4 is 5.32 Å². The van der Waals surface area contributed by atoms with Crippen molar-refractivity contribution in [3.05, 3.63) is 23.7 Å². The van der Waals surface area contributed by atoms with Crippen LogP contribution in [0, 0.1) is 0 Å². The van der Waals surface area contributed by atoms with Crippen LogP contribution >= 0.6 is 0 Å². The molecule has 0 aromatic carbocycles. The molecule has 190 valence electrons. The van der Waals surface area contributed by atoms with E-state index in [0.29, 0.717) is 36.2 Å². The van der Waals surface area contributed by atoms with E-state index < -0.39 is 13.9 Å². The van der Waals surface area contributed by atoms with E-state index in [1.165, 1.54) is 0 Å². The summed E-state index contributed by atoms with van der Waals surface area (Å²) in [7, 11) is -2.11. The summed E-state index contributed by atoms with van der Waals surface area (Å²) in [6.07, 6.45) is 4.16. The van der Waals surface area contributed by atoms with Crippen LogP contribution in [-0.2, 0) is 9.16 Å². The first kappa shape index (κ1) is 26.7. The number of nitrogens with zero attached hydrogens (tertiary/aromatic N) is 3. The molecule has 0 fully saturated rings. The lowest BCUT2D eigenvalue weighted by Crippen LogP contribution is -2.54. The molecule has 0 saturated carbocycles. The fourth-order valence-corrected chi connectivity index (χ4v) is 11.4. The van der Waals surface area contributed by atoms with Crippen molar-refractivity contribution in [3.8, 4) is 0 Å². The lowest BCUT2D eigenvalue weighted by atomic mass is 9.91. The third-order valence-electron chi connectivity index (χ3n) is 7.31. The number of rotatable bonds is 6. The minimum absolute atomic E-state index is 0.183. The van der Waals surface area contributed by atoms with Gasteiger partial charge in [0.1, 0.15) is 17.7 Å². The molecule has 8 heteroatoms. The van der Waals surface area contributed by atoms with Gasteiger partial charge in [0.2, 0.25) is 0 Å². The van der Waals surface area contributed by atoms with Gasteiger partial charge in [-0.1, -0.05) is 47.6 Å². The highest BCUT2D eigenvalue weighted by Gasteiger charge is 2.47. The molecule has 2 atom stereocenters. The highest BCUT2D eigenvalue weighted by Crippen LogP contribution is 2.44. The summed E-state index contributed by atoms with van der Waals surface area (Å²) in [5.74, 6) is 0.804. The number of aromatic nitrogens is 2. The van der Waals surface area contributed by atoms with Gasteiger partial charge in [-0.15, -0.1) is 0 Å². The molecule has 1 N–H and O–H groups in total. The molecule has 34 heavy (non-hydrogen) atoms. The molecule has 1 aliphatic heterocycles. The van der Waals surface area contributed by atoms with Gasteiger partial charge in [0, 0.05) is 12.1 Å².